The first-order chi connectivity index (χ1) is 12.8. The van der Waals surface area contributed by atoms with E-state index in [2.05, 4.69) is 17.1 Å². The van der Waals surface area contributed by atoms with E-state index < -0.39 is 0 Å². The number of carbonyl (C=O) groups is 2. The number of aromatic amines is 1. The van der Waals surface area contributed by atoms with Gasteiger partial charge in [0, 0.05) is 21.8 Å². The molecule has 2 aromatic rings. The van der Waals surface area contributed by atoms with Gasteiger partial charge in [0.1, 0.15) is 39.3 Å². The highest BCUT2D eigenvalue weighted by molar-refractivity contribution is 6.30. The minimum Gasteiger partial charge on any atom is -0.355 e. The van der Waals surface area contributed by atoms with E-state index in [4.69, 9.17) is 11.6 Å². The zero-order chi connectivity index (χ0) is 19.6. The fourth-order valence-corrected chi connectivity index (χ4v) is 4.20. The van der Waals surface area contributed by atoms with E-state index in [0.717, 1.165) is 49.0 Å². The fraction of sp³-hybridized carbons (Fsp3) is 0.429. The van der Waals surface area contributed by atoms with Crippen LogP contribution in [-0.2, 0) is 6.54 Å². The predicted molar refractivity (Wildman–Crippen MR) is 106 cm³/mol. The van der Waals surface area contributed by atoms with Gasteiger partial charge in [0.05, 0.1) is 5.69 Å². The maximum Gasteiger partial charge on any atom is 0.233 e. The van der Waals surface area contributed by atoms with Gasteiger partial charge in [-0.3, -0.25) is 9.59 Å². The van der Waals surface area contributed by atoms with Gasteiger partial charge in [-0.05, 0) is 38.5 Å². The van der Waals surface area contributed by atoms with Gasteiger partial charge in [-0.15, -0.1) is 0 Å². The molecular weight excluding hydrogens is 362 g/mol. The van der Waals surface area contributed by atoms with Crippen molar-refractivity contribution in [3.05, 3.63) is 57.4 Å². The number of piperazine rings is 1. The normalized spacial score (nSPS) is 19.9. The molecule has 0 aliphatic carbocycles. The standard InChI is InChI=1S/C21H26ClN3O2/c1-14-20(16(3)26)15(2)23-21(14)19(27)13-25-10-8-24(9-11-25)12-17-4-6-18(22)7-5-17/h4-7,23H,8-13H2,1-3H3/p+2. The summed E-state index contributed by atoms with van der Waals surface area (Å²) in [6.07, 6.45) is 0. The number of Topliss-reactive ketones (excluding diaryl/α,β-unsaturated/α-hetero) is 2. The predicted octanol–water partition coefficient (Wildman–Crippen LogP) is 0.654. The number of H-pyrrole nitrogens is 1. The van der Waals surface area contributed by atoms with Gasteiger partial charge < -0.3 is 14.8 Å². The Morgan fingerprint density at radius 2 is 1.63 bits per heavy atom. The summed E-state index contributed by atoms with van der Waals surface area (Å²) in [5, 5.41) is 0.768. The zero-order valence-electron chi connectivity index (χ0n) is 16.2. The van der Waals surface area contributed by atoms with E-state index in [1.807, 2.05) is 26.0 Å². The first-order valence-corrected chi connectivity index (χ1v) is 9.87. The van der Waals surface area contributed by atoms with Crippen LogP contribution in [0.1, 0.15) is 44.6 Å². The molecule has 0 atom stereocenters. The molecule has 1 aromatic heterocycles. The lowest BCUT2D eigenvalue weighted by atomic mass is 10.1. The number of benzene rings is 1. The molecule has 0 amide bonds. The minimum atomic E-state index is 0.00654. The number of halogens is 1. The largest absolute Gasteiger partial charge is 0.355 e. The Bertz CT molecular complexity index is 834. The number of carbonyl (C=O) groups excluding carboxylic acids is 2. The van der Waals surface area contributed by atoms with Crippen LogP contribution in [0.4, 0.5) is 0 Å². The van der Waals surface area contributed by atoms with Gasteiger partial charge in [0.15, 0.2) is 5.78 Å². The van der Waals surface area contributed by atoms with Crippen molar-refractivity contribution in [2.45, 2.75) is 27.3 Å². The quantitative estimate of drug-likeness (QED) is 0.635. The second kappa shape index (κ2) is 8.38. The van der Waals surface area contributed by atoms with Gasteiger partial charge in [-0.1, -0.05) is 23.7 Å². The third-order valence-electron chi connectivity index (χ3n) is 5.51. The summed E-state index contributed by atoms with van der Waals surface area (Å²) in [6.45, 7) is 10.8. The van der Waals surface area contributed by atoms with Crippen LogP contribution in [0, 0.1) is 13.8 Å². The maximum absolute atomic E-state index is 12.7. The van der Waals surface area contributed by atoms with E-state index in [-0.39, 0.29) is 11.6 Å². The highest BCUT2D eigenvalue weighted by Crippen LogP contribution is 2.18. The van der Waals surface area contributed by atoms with Crippen molar-refractivity contribution in [1.29, 1.82) is 0 Å². The van der Waals surface area contributed by atoms with Gasteiger partial charge in [0.25, 0.3) is 0 Å². The topological polar surface area (TPSA) is 58.8 Å². The third kappa shape index (κ3) is 4.67. The maximum atomic E-state index is 12.7. The lowest BCUT2D eigenvalue weighted by Crippen LogP contribution is -3.27. The molecule has 1 aromatic carbocycles. The molecule has 0 bridgehead atoms. The van der Waals surface area contributed by atoms with Crippen molar-refractivity contribution in [2.75, 3.05) is 32.7 Å². The number of quaternary nitrogens is 2. The number of aryl methyl sites for hydroxylation is 1. The summed E-state index contributed by atoms with van der Waals surface area (Å²) in [5.41, 5.74) is 4.13. The van der Waals surface area contributed by atoms with E-state index in [1.54, 1.807) is 11.8 Å². The van der Waals surface area contributed by atoms with Crippen molar-refractivity contribution in [2.24, 2.45) is 0 Å². The van der Waals surface area contributed by atoms with Crippen LogP contribution in [0.3, 0.4) is 0 Å². The minimum absolute atomic E-state index is 0.00654. The molecule has 144 valence electrons. The molecule has 1 aliphatic heterocycles. The first kappa shape index (κ1) is 19.8. The van der Waals surface area contributed by atoms with Gasteiger partial charge >= 0.3 is 0 Å². The molecule has 3 N–H and O–H groups in total. The number of rotatable bonds is 6. The lowest BCUT2D eigenvalue weighted by molar-refractivity contribution is -1.01. The summed E-state index contributed by atoms with van der Waals surface area (Å²) in [4.78, 5) is 30.5. The number of hydrogen-bond donors (Lipinski definition) is 3. The van der Waals surface area contributed by atoms with Crippen LogP contribution < -0.4 is 9.80 Å². The van der Waals surface area contributed by atoms with E-state index in [0.29, 0.717) is 17.8 Å². The second-order valence-electron chi connectivity index (χ2n) is 7.58. The lowest BCUT2D eigenvalue weighted by Gasteiger charge is -2.29. The van der Waals surface area contributed by atoms with Crippen LogP contribution in [0.5, 0.6) is 0 Å². The van der Waals surface area contributed by atoms with Gasteiger partial charge in [0.2, 0.25) is 5.78 Å². The summed E-state index contributed by atoms with van der Waals surface area (Å²) in [6, 6.07) is 8.04. The monoisotopic (exact) mass is 389 g/mol. The van der Waals surface area contributed by atoms with E-state index in [1.165, 1.54) is 10.5 Å². The molecule has 5 nitrogen and oxygen atoms in total. The van der Waals surface area contributed by atoms with Crippen LogP contribution >= 0.6 is 11.6 Å². The molecule has 6 heteroatoms. The van der Waals surface area contributed by atoms with Crippen LogP contribution in [0.25, 0.3) is 0 Å². The van der Waals surface area contributed by atoms with Crippen LogP contribution in [-0.4, -0.2) is 49.3 Å². The number of aromatic nitrogens is 1. The molecule has 1 saturated heterocycles. The van der Waals surface area contributed by atoms with E-state index in [9.17, 15) is 9.59 Å². The van der Waals surface area contributed by atoms with Crippen LogP contribution in [0.2, 0.25) is 5.02 Å². The van der Waals surface area contributed by atoms with Crippen molar-refractivity contribution in [3.8, 4) is 0 Å². The Kier molecular flexibility index (Phi) is 6.15. The Morgan fingerprint density at radius 1 is 1.04 bits per heavy atom. The molecule has 2 heterocycles. The molecule has 27 heavy (non-hydrogen) atoms. The average molecular weight is 390 g/mol. The smallest absolute Gasteiger partial charge is 0.233 e. The number of nitrogens with one attached hydrogen (secondary N) is 3. The van der Waals surface area contributed by atoms with Crippen molar-refractivity contribution < 1.29 is 19.4 Å². The summed E-state index contributed by atoms with van der Waals surface area (Å²) in [7, 11) is 0. The fourth-order valence-electron chi connectivity index (χ4n) is 4.07. The molecule has 0 unspecified atom stereocenters. The highest BCUT2D eigenvalue weighted by atomic mass is 35.5. The Morgan fingerprint density at radius 3 is 2.19 bits per heavy atom. The summed E-state index contributed by atoms with van der Waals surface area (Å²) >= 11 is 5.95. The van der Waals surface area contributed by atoms with E-state index >= 15 is 0 Å². The van der Waals surface area contributed by atoms with Crippen molar-refractivity contribution >= 4 is 23.2 Å². The first-order valence-electron chi connectivity index (χ1n) is 9.50. The average Bonchev–Trinajstić information content (AvgIpc) is 2.93. The van der Waals surface area contributed by atoms with Gasteiger partial charge in [-0.25, -0.2) is 0 Å². The Labute approximate surface area is 165 Å². The molecule has 1 aliphatic rings. The second-order valence-corrected chi connectivity index (χ2v) is 8.02. The van der Waals surface area contributed by atoms with Crippen molar-refractivity contribution in [3.63, 3.8) is 0 Å². The van der Waals surface area contributed by atoms with Gasteiger partial charge in [-0.2, -0.15) is 0 Å². The molecule has 1 fully saturated rings. The molecular formula is C21H28ClN3O2+2. The Balaban J connectivity index is 1.54. The number of ketones is 2. The molecule has 0 radical (unpaired) electrons. The number of hydrogen-bond acceptors (Lipinski definition) is 2. The Hall–Kier alpha value is -1.95. The van der Waals surface area contributed by atoms with Crippen LogP contribution in [0.15, 0.2) is 24.3 Å². The molecule has 0 spiro atoms. The van der Waals surface area contributed by atoms with Crippen molar-refractivity contribution in [1.82, 2.24) is 4.98 Å². The highest BCUT2D eigenvalue weighted by Gasteiger charge is 2.27. The summed E-state index contributed by atoms with van der Waals surface area (Å²) < 4.78 is 0. The third-order valence-corrected chi connectivity index (χ3v) is 5.76. The zero-order valence-corrected chi connectivity index (χ0v) is 17.0. The molecule has 0 saturated carbocycles. The summed E-state index contributed by atoms with van der Waals surface area (Å²) in [5.74, 6) is 0.103. The molecule has 3 rings (SSSR count). The SMILES string of the molecule is CC(=O)c1c(C)[nH]c(C(=O)C[NH+]2CC[NH+](Cc3ccc(Cl)cc3)CC2)c1C.